The van der Waals surface area contributed by atoms with Crippen molar-refractivity contribution in [3.63, 3.8) is 0 Å². The van der Waals surface area contributed by atoms with E-state index in [9.17, 15) is 0 Å². The summed E-state index contributed by atoms with van der Waals surface area (Å²) in [5.74, 6) is 0.501. The van der Waals surface area contributed by atoms with Gasteiger partial charge in [-0.1, -0.05) is 30.3 Å². The fraction of sp³-hybridized carbons (Fsp3) is 0.389. The average molecular weight is 325 g/mol. The number of fused-ring (bicyclic) bond motifs is 3. The van der Waals surface area contributed by atoms with Gasteiger partial charge < -0.3 is 10.6 Å². The predicted octanol–water partition coefficient (Wildman–Crippen LogP) is 3.53. The number of para-hydroxylation sites is 1. The van der Waals surface area contributed by atoms with Crippen LogP contribution in [0.3, 0.4) is 0 Å². The number of nitrogen functional groups attached to an aromatic ring is 1. The molecule has 6 heteroatoms. The maximum absolute atomic E-state index is 6.17. The quantitative estimate of drug-likeness (QED) is 0.409. The van der Waals surface area contributed by atoms with E-state index >= 15 is 0 Å². The maximum atomic E-state index is 6.17. The van der Waals surface area contributed by atoms with Crippen molar-refractivity contribution in [2.24, 2.45) is 5.16 Å². The zero-order valence-corrected chi connectivity index (χ0v) is 14.2. The van der Waals surface area contributed by atoms with Crippen molar-refractivity contribution < 1.29 is 4.84 Å². The number of aryl methyl sites for hydroxylation is 2. The molecule has 0 fully saturated rings. The van der Waals surface area contributed by atoms with E-state index in [1.807, 2.05) is 18.2 Å². The lowest BCUT2D eigenvalue weighted by molar-refractivity contribution is 0.214. The van der Waals surface area contributed by atoms with Crippen LogP contribution >= 0.6 is 0 Å². The summed E-state index contributed by atoms with van der Waals surface area (Å²) in [7, 11) is 1.56. The molecule has 0 aliphatic rings. The summed E-state index contributed by atoms with van der Waals surface area (Å²) in [5.41, 5.74) is 9.12. The zero-order chi connectivity index (χ0) is 16.9. The van der Waals surface area contributed by atoms with Gasteiger partial charge in [-0.3, -0.25) is 4.68 Å². The van der Waals surface area contributed by atoms with E-state index in [1.165, 1.54) is 5.69 Å². The molecule has 0 spiro atoms. The fourth-order valence-electron chi connectivity index (χ4n) is 3.06. The van der Waals surface area contributed by atoms with Crippen molar-refractivity contribution in [2.45, 2.75) is 39.2 Å². The molecule has 0 amide bonds. The Morgan fingerprint density at radius 1 is 1.33 bits per heavy atom. The molecule has 3 aromatic rings. The number of oxime groups is 1. The van der Waals surface area contributed by atoms with Gasteiger partial charge in [-0.15, -0.1) is 0 Å². The van der Waals surface area contributed by atoms with Gasteiger partial charge in [0, 0.05) is 29.2 Å². The minimum atomic E-state index is 0.501. The molecule has 0 bridgehead atoms. The summed E-state index contributed by atoms with van der Waals surface area (Å²) >= 11 is 0. The predicted molar refractivity (Wildman–Crippen MR) is 98.2 cm³/mol. The van der Waals surface area contributed by atoms with Gasteiger partial charge in [-0.2, -0.15) is 5.10 Å². The zero-order valence-electron chi connectivity index (χ0n) is 14.2. The number of anilines is 1. The van der Waals surface area contributed by atoms with Gasteiger partial charge in [0.1, 0.15) is 12.6 Å². The third-order valence-corrected chi connectivity index (χ3v) is 4.08. The number of hydrogen-bond donors (Lipinski definition) is 1. The fourth-order valence-corrected chi connectivity index (χ4v) is 3.06. The molecule has 0 unspecified atom stereocenters. The molecule has 2 heterocycles. The first-order chi connectivity index (χ1) is 11.8. The van der Waals surface area contributed by atoms with E-state index in [-0.39, 0.29) is 0 Å². The van der Waals surface area contributed by atoms with Crippen LogP contribution in [0.4, 0.5) is 5.82 Å². The highest BCUT2D eigenvalue weighted by Gasteiger charge is 2.16. The van der Waals surface area contributed by atoms with Crippen LogP contribution in [0.1, 0.15) is 31.9 Å². The second-order valence-corrected chi connectivity index (χ2v) is 5.77. The van der Waals surface area contributed by atoms with Crippen LogP contribution in [0.25, 0.3) is 21.8 Å². The van der Waals surface area contributed by atoms with Gasteiger partial charge in [0.25, 0.3) is 0 Å². The third kappa shape index (κ3) is 3.04. The van der Waals surface area contributed by atoms with E-state index in [2.05, 4.69) is 27.8 Å². The molecule has 0 radical (unpaired) electrons. The van der Waals surface area contributed by atoms with E-state index in [1.54, 1.807) is 13.3 Å². The van der Waals surface area contributed by atoms with Crippen LogP contribution in [-0.2, 0) is 17.8 Å². The molecule has 24 heavy (non-hydrogen) atoms. The standard InChI is InChI=1S/C18H23N5O/c1-3-12-23-15(10-6-7-11-20-24-2)16-13-8-4-5-9-14(13)21-18(19)17(16)22-23/h4-5,8-9,11H,3,6-7,10,12H2,1-2H3,(H2,19,21)/b20-11-. The number of aromatic nitrogens is 3. The molecule has 3 rings (SSSR count). The number of nitrogens with two attached hydrogens (primary N) is 1. The Morgan fingerprint density at radius 3 is 2.96 bits per heavy atom. The molecule has 0 aliphatic heterocycles. The summed E-state index contributed by atoms with van der Waals surface area (Å²) in [6.45, 7) is 3.03. The third-order valence-electron chi connectivity index (χ3n) is 4.08. The Kier molecular flexibility index (Phi) is 4.93. The van der Waals surface area contributed by atoms with Crippen LogP contribution < -0.4 is 5.73 Å². The number of benzene rings is 1. The van der Waals surface area contributed by atoms with Gasteiger partial charge >= 0.3 is 0 Å². The number of nitrogens with zero attached hydrogens (tertiary/aromatic N) is 4. The van der Waals surface area contributed by atoms with Crippen LogP contribution in [0, 0.1) is 0 Å². The molecule has 6 nitrogen and oxygen atoms in total. The summed E-state index contributed by atoms with van der Waals surface area (Å²) < 4.78 is 2.09. The molecule has 126 valence electrons. The minimum Gasteiger partial charge on any atom is -0.399 e. The van der Waals surface area contributed by atoms with Crippen molar-refractivity contribution in [2.75, 3.05) is 12.8 Å². The SMILES string of the molecule is CCCn1nc2c(N)nc3ccccc3c2c1CCC/C=N\OC. The Labute approximate surface area is 141 Å². The van der Waals surface area contributed by atoms with Gasteiger partial charge in [0.05, 0.1) is 5.52 Å². The van der Waals surface area contributed by atoms with Crippen molar-refractivity contribution in [3.05, 3.63) is 30.0 Å². The van der Waals surface area contributed by atoms with Crippen molar-refractivity contribution in [3.8, 4) is 0 Å². The normalized spacial score (nSPS) is 11.8. The monoisotopic (exact) mass is 325 g/mol. The van der Waals surface area contributed by atoms with Crippen LogP contribution in [0.2, 0.25) is 0 Å². The van der Waals surface area contributed by atoms with Gasteiger partial charge in [-0.05, 0) is 31.7 Å². The first-order valence-corrected chi connectivity index (χ1v) is 8.34. The lowest BCUT2D eigenvalue weighted by Crippen LogP contribution is -2.04. The molecular formula is C18H23N5O. The molecule has 0 saturated heterocycles. The Morgan fingerprint density at radius 2 is 2.17 bits per heavy atom. The van der Waals surface area contributed by atoms with E-state index in [0.717, 1.165) is 54.0 Å². The summed E-state index contributed by atoms with van der Waals surface area (Å²) in [6, 6.07) is 8.11. The largest absolute Gasteiger partial charge is 0.399 e. The molecule has 1 aromatic carbocycles. The van der Waals surface area contributed by atoms with Crippen molar-refractivity contribution in [1.82, 2.24) is 14.8 Å². The molecule has 2 N–H and O–H groups in total. The van der Waals surface area contributed by atoms with Crippen LogP contribution in [-0.4, -0.2) is 28.1 Å². The Bertz CT molecular complexity index is 869. The van der Waals surface area contributed by atoms with Gasteiger partial charge in [0.2, 0.25) is 0 Å². The van der Waals surface area contributed by atoms with Gasteiger partial charge in [0.15, 0.2) is 5.82 Å². The van der Waals surface area contributed by atoms with Crippen molar-refractivity contribution in [1.29, 1.82) is 0 Å². The van der Waals surface area contributed by atoms with Crippen LogP contribution in [0.15, 0.2) is 29.4 Å². The molecule has 0 aliphatic carbocycles. The highest BCUT2D eigenvalue weighted by atomic mass is 16.6. The Balaban J connectivity index is 2.09. The lowest BCUT2D eigenvalue weighted by atomic mass is 10.1. The first-order valence-electron chi connectivity index (χ1n) is 8.34. The highest BCUT2D eigenvalue weighted by molar-refractivity contribution is 6.09. The maximum Gasteiger partial charge on any atom is 0.152 e. The molecule has 0 saturated carbocycles. The molecule has 2 aromatic heterocycles. The van der Waals surface area contributed by atoms with E-state index in [0.29, 0.717) is 5.82 Å². The topological polar surface area (TPSA) is 78.3 Å². The number of hydrogen-bond acceptors (Lipinski definition) is 5. The van der Waals surface area contributed by atoms with Crippen LogP contribution in [0.5, 0.6) is 0 Å². The second kappa shape index (κ2) is 7.29. The summed E-state index contributed by atoms with van der Waals surface area (Å²) in [6.07, 6.45) is 5.59. The second-order valence-electron chi connectivity index (χ2n) is 5.77. The number of rotatable bonds is 7. The average Bonchev–Trinajstić information content (AvgIpc) is 2.95. The number of unbranched alkanes of at least 4 members (excludes halogenated alkanes) is 1. The molecular weight excluding hydrogens is 302 g/mol. The first kappa shape index (κ1) is 16.2. The van der Waals surface area contributed by atoms with Gasteiger partial charge in [-0.25, -0.2) is 4.98 Å². The lowest BCUT2D eigenvalue weighted by Gasteiger charge is -2.07. The number of pyridine rings is 1. The minimum absolute atomic E-state index is 0.501. The smallest absolute Gasteiger partial charge is 0.152 e. The highest BCUT2D eigenvalue weighted by Crippen LogP contribution is 2.31. The van der Waals surface area contributed by atoms with E-state index in [4.69, 9.17) is 15.7 Å². The van der Waals surface area contributed by atoms with Crippen molar-refractivity contribution >= 4 is 33.8 Å². The summed E-state index contributed by atoms with van der Waals surface area (Å²) in [4.78, 5) is 9.22. The summed E-state index contributed by atoms with van der Waals surface area (Å²) in [5, 5.41) is 10.8. The Hall–Kier alpha value is -2.63. The molecule has 0 atom stereocenters. The van der Waals surface area contributed by atoms with E-state index < -0.39 is 0 Å².